The van der Waals surface area contributed by atoms with Crippen LogP contribution in [0.15, 0.2) is 0 Å². The molecule has 2 N–H and O–H groups in total. The highest BCUT2D eigenvalue weighted by molar-refractivity contribution is 5.82. The van der Waals surface area contributed by atoms with Crippen molar-refractivity contribution in [3.63, 3.8) is 0 Å². The maximum atomic E-state index is 12.2. The summed E-state index contributed by atoms with van der Waals surface area (Å²) in [7, 11) is 0. The Balaban J connectivity index is 1.85. The fraction of sp³-hybridized carbons (Fsp3) is 0.857. The first-order valence-corrected chi connectivity index (χ1v) is 7.64. The maximum absolute atomic E-state index is 12.2. The summed E-state index contributed by atoms with van der Waals surface area (Å²) in [6.07, 6.45) is 4.62. The van der Waals surface area contributed by atoms with Crippen LogP contribution in [0.25, 0.3) is 0 Å². The fourth-order valence-corrected chi connectivity index (χ4v) is 3.28. The Hall–Kier alpha value is -1.30. The first-order valence-electron chi connectivity index (χ1n) is 7.64. The molecule has 2 rings (SSSR count). The minimum absolute atomic E-state index is 0.222. The van der Waals surface area contributed by atoms with Crippen molar-refractivity contribution in [3.05, 3.63) is 0 Å². The van der Waals surface area contributed by atoms with Crippen LogP contribution in [0.4, 0.5) is 4.79 Å². The van der Waals surface area contributed by atoms with Gasteiger partial charge in [-0.3, -0.25) is 4.90 Å². The summed E-state index contributed by atoms with van der Waals surface area (Å²) in [5.74, 6) is -0.893. The number of hydrogen-bond acceptors (Lipinski definition) is 3. The van der Waals surface area contributed by atoms with E-state index in [1.165, 1.54) is 11.3 Å². The number of carboxylic acid groups (broad SMARTS) is 1. The van der Waals surface area contributed by atoms with E-state index < -0.39 is 12.0 Å². The number of aliphatic carboxylic acids is 1. The average molecular weight is 283 g/mol. The van der Waals surface area contributed by atoms with Gasteiger partial charge in [-0.25, -0.2) is 9.59 Å². The van der Waals surface area contributed by atoms with Crippen LogP contribution in [-0.4, -0.2) is 65.2 Å². The number of urea groups is 1. The molecule has 2 aliphatic heterocycles. The lowest BCUT2D eigenvalue weighted by Crippen LogP contribution is -2.53. The highest BCUT2D eigenvalue weighted by Crippen LogP contribution is 2.18. The zero-order valence-corrected chi connectivity index (χ0v) is 12.2. The first-order chi connectivity index (χ1) is 9.63. The summed E-state index contributed by atoms with van der Waals surface area (Å²) in [5, 5.41) is 12.1. The quantitative estimate of drug-likeness (QED) is 0.811. The highest BCUT2D eigenvalue weighted by Gasteiger charge is 2.32. The Morgan fingerprint density at radius 1 is 1.20 bits per heavy atom. The molecule has 2 unspecified atom stereocenters. The monoisotopic (exact) mass is 283 g/mol. The summed E-state index contributed by atoms with van der Waals surface area (Å²) in [6.45, 7) is 5.40. The van der Waals surface area contributed by atoms with Gasteiger partial charge in [-0.1, -0.05) is 6.92 Å². The van der Waals surface area contributed by atoms with Gasteiger partial charge in [-0.05, 0) is 45.2 Å². The van der Waals surface area contributed by atoms with E-state index in [1.54, 1.807) is 0 Å². The van der Waals surface area contributed by atoms with E-state index in [-0.39, 0.29) is 6.03 Å². The third-order valence-electron chi connectivity index (χ3n) is 4.44. The standard InChI is InChI=1S/C14H25N3O3/c1-2-16-8-5-6-11(16)10-15-14(20)17-9-4-3-7-12(17)13(18)19/h11-12H,2-10H2,1H3,(H,15,20)(H,18,19). The smallest absolute Gasteiger partial charge is 0.326 e. The minimum Gasteiger partial charge on any atom is -0.480 e. The Morgan fingerprint density at radius 3 is 2.70 bits per heavy atom. The third kappa shape index (κ3) is 3.42. The Bertz CT molecular complexity index is 362. The summed E-state index contributed by atoms with van der Waals surface area (Å²) in [6, 6.07) is -0.480. The van der Waals surface area contributed by atoms with Gasteiger partial charge in [0.1, 0.15) is 6.04 Å². The lowest BCUT2D eigenvalue weighted by atomic mass is 10.0. The third-order valence-corrected chi connectivity index (χ3v) is 4.44. The molecule has 2 heterocycles. The second kappa shape index (κ2) is 6.92. The molecule has 0 saturated carbocycles. The predicted molar refractivity (Wildman–Crippen MR) is 75.6 cm³/mol. The van der Waals surface area contributed by atoms with Crippen LogP contribution in [0.2, 0.25) is 0 Å². The molecule has 6 nitrogen and oxygen atoms in total. The summed E-state index contributed by atoms with van der Waals surface area (Å²) < 4.78 is 0. The van der Waals surface area contributed by atoms with E-state index in [0.29, 0.717) is 25.6 Å². The fourth-order valence-electron chi connectivity index (χ4n) is 3.28. The summed E-state index contributed by atoms with van der Waals surface area (Å²) in [5.41, 5.74) is 0. The first kappa shape index (κ1) is 15.1. The number of carbonyl (C=O) groups excluding carboxylic acids is 1. The Kier molecular flexibility index (Phi) is 5.23. The van der Waals surface area contributed by atoms with E-state index in [1.807, 2.05) is 0 Å². The van der Waals surface area contributed by atoms with Crippen LogP contribution in [0.3, 0.4) is 0 Å². The lowest BCUT2D eigenvalue weighted by molar-refractivity contribution is -0.143. The van der Waals surface area contributed by atoms with Gasteiger partial charge in [0.05, 0.1) is 0 Å². The molecular formula is C14H25N3O3. The molecule has 0 aromatic carbocycles. The Morgan fingerprint density at radius 2 is 2.00 bits per heavy atom. The maximum Gasteiger partial charge on any atom is 0.326 e. The summed E-state index contributed by atoms with van der Waals surface area (Å²) >= 11 is 0. The van der Waals surface area contributed by atoms with Gasteiger partial charge in [-0.15, -0.1) is 0 Å². The number of rotatable bonds is 4. The number of hydrogen-bond donors (Lipinski definition) is 2. The number of nitrogens with one attached hydrogen (secondary N) is 1. The number of carbonyl (C=O) groups is 2. The topological polar surface area (TPSA) is 72.9 Å². The number of nitrogens with zero attached hydrogens (tertiary/aromatic N) is 2. The molecule has 2 aliphatic rings. The lowest BCUT2D eigenvalue weighted by Gasteiger charge is -2.33. The average Bonchev–Trinajstić information content (AvgIpc) is 2.92. The zero-order valence-electron chi connectivity index (χ0n) is 12.2. The minimum atomic E-state index is -0.893. The van der Waals surface area contributed by atoms with Gasteiger partial charge < -0.3 is 15.3 Å². The largest absolute Gasteiger partial charge is 0.480 e. The van der Waals surface area contributed by atoms with Gasteiger partial charge in [-0.2, -0.15) is 0 Å². The molecule has 0 radical (unpaired) electrons. The van der Waals surface area contributed by atoms with Gasteiger partial charge in [0.15, 0.2) is 0 Å². The van der Waals surface area contributed by atoms with Crippen molar-refractivity contribution in [3.8, 4) is 0 Å². The molecule has 0 bridgehead atoms. The van der Waals surface area contributed by atoms with Gasteiger partial charge in [0, 0.05) is 19.1 Å². The number of carboxylic acids is 1. The van der Waals surface area contributed by atoms with E-state index in [9.17, 15) is 14.7 Å². The molecule has 0 aromatic heterocycles. The van der Waals surface area contributed by atoms with E-state index in [0.717, 1.165) is 32.4 Å². The number of amides is 2. The number of piperidine rings is 1. The molecule has 2 amide bonds. The number of likely N-dealkylation sites (N-methyl/N-ethyl adjacent to an activating group) is 1. The molecule has 2 saturated heterocycles. The SMILES string of the molecule is CCN1CCCC1CNC(=O)N1CCCCC1C(=O)O. The van der Waals surface area contributed by atoms with Crippen LogP contribution in [0.5, 0.6) is 0 Å². The molecule has 2 atom stereocenters. The van der Waals surface area contributed by atoms with Crippen LogP contribution in [0.1, 0.15) is 39.0 Å². The van der Waals surface area contributed by atoms with Crippen molar-refractivity contribution in [1.82, 2.24) is 15.1 Å². The molecule has 6 heteroatoms. The van der Waals surface area contributed by atoms with Crippen LogP contribution < -0.4 is 5.32 Å². The van der Waals surface area contributed by atoms with E-state index in [2.05, 4.69) is 17.1 Å². The molecular weight excluding hydrogens is 258 g/mol. The predicted octanol–water partition coefficient (Wildman–Crippen LogP) is 1.12. The Labute approximate surface area is 120 Å². The number of likely N-dealkylation sites (tertiary alicyclic amines) is 2. The van der Waals surface area contributed by atoms with E-state index >= 15 is 0 Å². The van der Waals surface area contributed by atoms with Gasteiger partial charge in [0.2, 0.25) is 0 Å². The molecule has 2 fully saturated rings. The van der Waals surface area contributed by atoms with Crippen molar-refractivity contribution < 1.29 is 14.7 Å². The van der Waals surface area contributed by atoms with E-state index in [4.69, 9.17) is 0 Å². The van der Waals surface area contributed by atoms with Crippen molar-refractivity contribution >= 4 is 12.0 Å². The van der Waals surface area contributed by atoms with Crippen LogP contribution >= 0.6 is 0 Å². The highest BCUT2D eigenvalue weighted by atomic mass is 16.4. The summed E-state index contributed by atoms with van der Waals surface area (Å²) in [4.78, 5) is 27.2. The van der Waals surface area contributed by atoms with Crippen molar-refractivity contribution in [2.75, 3.05) is 26.2 Å². The molecule has 114 valence electrons. The zero-order chi connectivity index (χ0) is 14.5. The second-order valence-corrected chi connectivity index (χ2v) is 5.65. The van der Waals surface area contributed by atoms with Crippen LogP contribution in [0, 0.1) is 0 Å². The van der Waals surface area contributed by atoms with Crippen molar-refractivity contribution in [2.45, 2.75) is 51.1 Å². The van der Waals surface area contributed by atoms with Gasteiger partial charge >= 0.3 is 12.0 Å². The molecule has 20 heavy (non-hydrogen) atoms. The second-order valence-electron chi connectivity index (χ2n) is 5.65. The molecule has 0 aromatic rings. The van der Waals surface area contributed by atoms with Crippen molar-refractivity contribution in [2.24, 2.45) is 0 Å². The van der Waals surface area contributed by atoms with Gasteiger partial charge in [0.25, 0.3) is 0 Å². The normalized spacial score (nSPS) is 27.6. The molecule has 0 aliphatic carbocycles. The van der Waals surface area contributed by atoms with Crippen LogP contribution in [-0.2, 0) is 4.79 Å². The van der Waals surface area contributed by atoms with Crippen molar-refractivity contribution in [1.29, 1.82) is 0 Å². The molecule has 0 spiro atoms.